The Kier molecular flexibility index (Phi) is 4.93. The van der Waals surface area contributed by atoms with Gasteiger partial charge in [0.05, 0.1) is 13.2 Å². The maximum absolute atomic E-state index is 12.2. The second-order valence-electron chi connectivity index (χ2n) is 4.62. The Morgan fingerprint density at radius 3 is 2.71 bits per heavy atom. The number of hydrogen-bond donors (Lipinski definition) is 1. The third-order valence-electron chi connectivity index (χ3n) is 3.55. The van der Waals surface area contributed by atoms with Crippen LogP contribution in [0.15, 0.2) is 0 Å². The van der Waals surface area contributed by atoms with E-state index in [9.17, 15) is 9.59 Å². The molecular weight excluding hydrogens is 220 g/mol. The highest BCUT2D eigenvalue weighted by Gasteiger charge is 2.37. The fourth-order valence-electron chi connectivity index (χ4n) is 2.10. The predicted octanol–water partition coefficient (Wildman–Crippen LogP) is 0.524. The van der Waals surface area contributed by atoms with Gasteiger partial charge in [0.25, 0.3) is 0 Å². The summed E-state index contributed by atoms with van der Waals surface area (Å²) in [4.78, 5) is 25.3. The Bertz CT molecular complexity index is 293. The van der Waals surface area contributed by atoms with Crippen LogP contribution in [0.5, 0.6) is 0 Å². The summed E-state index contributed by atoms with van der Waals surface area (Å²) in [6, 6.07) is -0.965. The van der Waals surface area contributed by atoms with E-state index in [1.165, 1.54) is 7.11 Å². The van der Waals surface area contributed by atoms with Gasteiger partial charge < -0.3 is 15.4 Å². The average molecular weight is 242 g/mol. The first-order valence-electron chi connectivity index (χ1n) is 6.16. The molecule has 1 saturated heterocycles. The van der Waals surface area contributed by atoms with E-state index in [4.69, 9.17) is 10.5 Å². The van der Waals surface area contributed by atoms with E-state index in [0.29, 0.717) is 13.0 Å². The second kappa shape index (κ2) is 6.00. The van der Waals surface area contributed by atoms with Gasteiger partial charge in [-0.2, -0.15) is 0 Å². The van der Waals surface area contributed by atoms with E-state index >= 15 is 0 Å². The summed E-state index contributed by atoms with van der Waals surface area (Å²) in [5, 5.41) is 0. The van der Waals surface area contributed by atoms with Crippen molar-refractivity contribution in [1.29, 1.82) is 0 Å². The first-order valence-corrected chi connectivity index (χ1v) is 6.16. The molecule has 1 aliphatic heterocycles. The van der Waals surface area contributed by atoms with Crippen molar-refractivity contribution in [3.63, 3.8) is 0 Å². The maximum atomic E-state index is 12.2. The van der Waals surface area contributed by atoms with Crippen LogP contribution in [0.1, 0.15) is 33.1 Å². The van der Waals surface area contributed by atoms with E-state index in [0.717, 1.165) is 12.8 Å². The Morgan fingerprint density at radius 1 is 1.53 bits per heavy atom. The van der Waals surface area contributed by atoms with Gasteiger partial charge in [0.15, 0.2) is 0 Å². The number of amides is 1. The van der Waals surface area contributed by atoms with Gasteiger partial charge in [-0.05, 0) is 18.8 Å². The topological polar surface area (TPSA) is 72.6 Å². The molecule has 2 N–H and O–H groups in total. The summed E-state index contributed by atoms with van der Waals surface area (Å²) >= 11 is 0. The standard InChI is InChI=1S/C12H22N2O3/c1-4-8(2)10(13)11(15)14-7-5-6-9(14)12(16)17-3/h8-10H,4-7,13H2,1-3H3/t8?,9?,10-/m0/s1. The van der Waals surface area contributed by atoms with E-state index in [1.54, 1.807) is 4.90 Å². The molecular formula is C12H22N2O3. The SMILES string of the molecule is CCC(C)[C@H](N)C(=O)N1CCCC1C(=O)OC. The molecule has 0 aromatic carbocycles. The molecule has 17 heavy (non-hydrogen) atoms. The number of nitrogens with zero attached hydrogens (tertiary/aromatic N) is 1. The molecule has 0 spiro atoms. The average Bonchev–Trinajstić information content (AvgIpc) is 2.83. The largest absolute Gasteiger partial charge is 0.467 e. The van der Waals surface area contributed by atoms with Crippen LogP contribution in [0, 0.1) is 5.92 Å². The summed E-state index contributed by atoms with van der Waals surface area (Å²) < 4.78 is 4.71. The highest BCUT2D eigenvalue weighted by molar-refractivity contribution is 5.88. The van der Waals surface area contributed by atoms with Gasteiger partial charge in [0, 0.05) is 6.54 Å². The fourth-order valence-corrected chi connectivity index (χ4v) is 2.10. The number of methoxy groups -OCH3 is 1. The molecule has 0 aromatic rings. The van der Waals surface area contributed by atoms with Crippen LogP contribution in [0.2, 0.25) is 0 Å². The van der Waals surface area contributed by atoms with Gasteiger partial charge >= 0.3 is 5.97 Å². The van der Waals surface area contributed by atoms with Crippen LogP contribution in [0.25, 0.3) is 0 Å². The van der Waals surface area contributed by atoms with Crippen LogP contribution in [0.3, 0.4) is 0 Å². The maximum Gasteiger partial charge on any atom is 0.328 e. The second-order valence-corrected chi connectivity index (χ2v) is 4.62. The minimum atomic E-state index is -0.523. The lowest BCUT2D eigenvalue weighted by atomic mass is 9.98. The van der Waals surface area contributed by atoms with Crippen molar-refractivity contribution in [1.82, 2.24) is 4.90 Å². The van der Waals surface area contributed by atoms with Crippen molar-refractivity contribution in [2.24, 2.45) is 11.7 Å². The molecule has 0 bridgehead atoms. The van der Waals surface area contributed by atoms with Crippen LogP contribution in [-0.4, -0.2) is 42.5 Å². The number of nitrogens with two attached hydrogens (primary N) is 1. The number of hydrogen-bond acceptors (Lipinski definition) is 4. The van der Waals surface area contributed by atoms with Gasteiger partial charge in [0.2, 0.25) is 5.91 Å². The van der Waals surface area contributed by atoms with E-state index in [1.807, 2.05) is 13.8 Å². The molecule has 0 saturated carbocycles. The number of carbonyl (C=O) groups excluding carboxylic acids is 2. The molecule has 5 nitrogen and oxygen atoms in total. The smallest absolute Gasteiger partial charge is 0.328 e. The third kappa shape index (κ3) is 2.97. The Labute approximate surface area is 102 Å². The monoisotopic (exact) mass is 242 g/mol. The number of esters is 1. The van der Waals surface area contributed by atoms with Crippen LogP contribution in [0.4, 0.5) is 0 Å². The van der Waals surface area contributed by atoms with Crippen LogP contribution in [-0.2, 0) is 14.3 Å². The lowest BCUT2D eigenvalue weighted by Gasteiger charge is -2.27. The molecule has 5 heteroatoms. The van der Waals surface area contributed by atoms with Crippen molar-refractivity contribution in [3.8, 4) is 0 Å². The highest BCUT2D eigenvalue weighted by Crippen LogP contribution is 2.21. The quantitative estimate of drug-likeness (QED) is 0.730. The Hall–Kier alpha value is -1.10. The molecule has 1 amide bonds. The summed E-state index contributed by atoms with van der Waals surface area (Å²) in [7, 11) is 1.35. The Morgan fingerprint density at radius 2 is 2.18 bits per heavy atom. The highest BCUT2D eigenvalue weighted by atomic mass is 16.5. The molecule has 1 fully saturated rings. The molecule has 98 valence electrons. The molecule has 1 heterocycles. The normalized spacial score (nSPS) is 23.3. The van der Waals surface area contributed by atoms with Gasteiger partial charge in [0.1, 0.15) is 6.04 Å². The summed E-state index contributed by atoms with van der Waals surface area (Å²) in [6.45, 7) is 4.55. The zero-order valence-electron chi connectivity index (χ0n) is 10.8. The van der Waals surface area contributed by atoms with E-state index in [2.05, 4.69) is 0 Å². The summed E-state index contributed by atoms with van der Waals surface area (Å²) in [5.74, 6) is -0.346. The van der Waals surface area contributed by atoms with Gasteiger partial charge in [-0.15, -0.1) is 0 Å². The zero-order chi connectivity index (χ0) is 13.0. The minimum absolute atomic E-state index is 0.126. The predicted molar refractivity (Wildman–Crippen MR) is 64.2 cm³/mol. The van der Waals surface area contributed by atoms with Crippen molar-refractivity contribution in [2.75, 3.05) is 13.7 Å². The minimum Gasteiger partial charge on any atom is -0.467 e. The third-order valence-corrected chi connectivity index (χ3v) is 3.55. The molecule has 3 atom stereocenters. The molecule has 0 aliphatic carbocycles. The fraction of sp³-hybridized carbons (Fsp3) is 0.833. The van der Waals surface area contributed by atoms with Crippen LogP contribution >= 0.6 is 0 Å². The number of carbonyl (C=O) groups is 2. The number of likely N-dealkylation sites (tertiary alicyclic amines) is 1. The van der Waals surface area contributed by atoms with E-state index in [-0.39, 0.29) is 17.8 Å². The van der Waals surface area contributed by atoms with Gasteiger partial charge in [-0.25, -0.2) is 4.79 Å². The summed E-state index contributed by atoms with van der Waals surface area (Å²) in [5.41, 5.74) is 5.91. The first-order chi connectivity index (χ1) is 8.02. The lowest BCUT2D eigenvalue weighted by Crippen LogP contribution is -2.50. The first kappa shape index (κ1) is 14.0. The van der Waals surface area contributed by atoms with Crippen LogP contribution < -0.4 is 5.73 Å². The zero-order valence-corrected chi connectivity index (χ0v) is 10.8. The number of ether oxygens (including phenoxy) is 1. The van der Waals surface area contributed by atoms with Crippen molar-refractivity contribution >= 4 is 11.9 Å². The number of rotatable bonds is 4. The Balaban J connectivity index is 2.71. The molecule has 0 radical (unpaired) electrons. The molecule has 1 rings (SSSR count). The lowest BCUT2D eigenvalue weighted by molar-refractivity contribution is -0.151. The molecule has 0 aromatic heterocycles. The van der Waals surface area contributed by atoms with Gasteiger partial charge in [-0.1, -0.05) is 20.3 Å². The van der Waals surface area contributed by atoms with Crippen molar-refractivity contribution in [3.05, 3.63) is 0 Å². The molecule has 1 aliphatic rings. The summed E-state index contributed by atoms with van der Waals surface area (Å²) in [6.07, 6.45) is 2.36. The van der Waals surface area contributed by atoms with Gasteiger partial charge in [-0.3, -0.25) is 4.79 Å². The molecule has 2 unspecified atom stereocenters. The van der Waals surface area contributed by atoms with Crippen molar-refractivity contribution < 1.29 is 14.3 Å². The van der Waals surface area contributed by atoms with Crippen molar-refractivity contribution in [2.45, 2.75) is 45.2 Å². The van der Waals surface area contributed by atoms with E-state index < -0.39 is 12.1 Å².